The van der Waals surface area contributed by atoms with Crippen LogP contribution in [-0.2, 0) is 0 Å². The van der Waals surface area contributed by atoms with Gasteiger partial charge in [-0.05, 0) is 49.0 Å². The summed E-state index contributed by atoms with van der Waals surface area (Å²) in [7, 11) is 0. The predicted octanol–water partition coefficient (Wildman–Crippen LogP) is 3.61. The van der Waals surface area contributed by atoms with Crippen molar-refractivity contribution in [2.75, 3.05) is 42.9 Å². The lowest BCUT2D eigenvalue weighted by Crippen LogP contribution is -2.46. The lowest BCUT2D eigenvalue weighted by atomic mass is 10.00. The van der Waals surface area contributed by atoms with Crippen LogP contribution < -0.4 is 16.0 Å². The zero-order valence-electron chi connectivity index (χ0n) is 18.6. The smallest absolute Gasteiger partial charge is 0.248 e. The van der Waals surface area contributed by atoms with Gasteiger partial charge in [-0.3, -0.25) is 9.89 Å². The highest BCUT2D eigenvalue weighted by Crippen LogP contribution is 2.37. The van der Waals surface area contributed by atoms with Crippen LogP contribution in [0.1, 0.15) is 17.3 Å². The number of primary amides is 1. The Kier molecular flexibility index (Phi) is 5.66. The highest BCUT2D eigenvalue weighted by Gasteiger charge is 2.21. The average Bonchev–Trinajstić information content (AvgIpc) is 3.32. The molecule has 2 aromatic heterocycles. The second-order valence-corrected chi connectivity index (χ2v) is 8.21. The maximum Gasteiger partial charge on any atom is 0.248 e. The van der Waals surface area contributed by atoms with Crippen LogP contribution in [0.2, 0.25) is 0 Å². The molecule has 1 amide bonds. The molecule has 168 valence electrons. The molecule has 1 fully saturated rings. The monoisotopic (exact) mass is 441 g/mol. The standard InChI is InChI=1S/C25H27N7O/c1-2-31-10-12-32(13-11-31)23-14-17(24(26)33)6-8-20(23)21-4-3-9-27-25(21)29-19-7-5-18-16-28-30-22(18)15-19/h3-9,14-16H,2,10-13H2,1H3,(H2,26,33)(H,27,29)(H,28,30). The Morgan fingerprint density at radius 3 is 2.73 bits per heavy atom. The summed E-state index contributed by atoms with van der Waals surface area (Å²) in [5.74, 6) is 0.323. The normalized spacial score (nSPS) is 14.5. The summed E-state index contributed by atoms with van der Waals surface area (Å²) in [4.78, 5) is 21.3. The van der Waals surface area contributed by atoms with Gasteiger partial charge in [-0.1, -0.05) is 13.0 Å². The minimum Gasteiger partial charge on any atom is -0.368 e. The number of pyridine rings is 1. The van der Waals surface area contributed by atoms with E-state index in [0.717, 1.165) is 71.9 Å². The van der Waals surface area contributed by atoms with Crippen LogP contribution in [0.3, 0.4) is 0 Å². The number of rotatable bonds is 6. The zero-order valence-corrected chi connectivity index (χ0v) is 18.6. The van der Waals surface area contributed by atoms with Crippen LogP contribution in [0.4, 0.5) is 17.2 Å². The molecule has 3 heterocycles. The second kappa shape index (κ2) is 8.91. The van der Waals surface area contributed by atoms with Gasteiger partial charge in [-0.15, -0.1) is 0 Å². The molecule has 33 heavy (non-hydrogen) atoms. The van der Waals surface area contributed by atoms with Gasteiger partial charge in [0.25, 0.3) is 0 Å². The zero-order chi connectivity index (χ0) is 22.8. The van der Waals surface area contributed by atoms with Gasteiger partial charge < -0.3 is 20.9 Å². The van der Waals surface area contributed by atoms with E-state index in [1.54, 1.807) is 18.5 Å². The van der Waals surface area contributed by atoms with E-state index in [0.29, 0.717) is 5.56 Å². The van der Waals surface area contributed by atoms with E-state index in [1.165, 1.54) is 0 Å². The Labute approximate surface area is 192 Å². The van der Waals surface area contributed by atoms with Gasteiger partial charge in [-0.2, -0.15) is 5.10 Å². The molecule has 4 N–H and O–H groups in total. The van der Waals surface area contributed by atoms with E-state index >= 15 is 0 Å². The van der Waals surface area contributed by atoms with Crippen molar-refractivity contribution in [3.8, 4) is 11.1 Å². The summed E-state index contributed by atoms with van der Waals surface area (Å²) >= 11 is 0. The molecule has 0 unspecified atom stereocenters. The number of benzene rings is 2. The first-order valence-electron chi connectivity index (χ1n) is 11.2. The Morgan fingerprint density at radius 2 is 1.94 bits per heavy atom. The number of piperazine rings is 1. The number of nitrogens with two attached hydrogens (primary N) is 1. The molecule has 1 aliphatic rings. The van der Waals surface area contributed by atoms with Crippen LogP contribution in [0, 0.1) is 0 Å². The third-order valence-electron chi connectivity index (χ3n) is 6.24. The molecule has 0 saturated carbocycles. The van der Waals surface area contributed by atoms with Crippen molar-refractivity contribution < 1.29 is 4.79 Å². The number of aromatic amines is 1. The molecule has 4 aromatic rings. The first-order valence-corrected chi connectivity index (χ1v) is 11.2. The van der Waals surface area contributed by atoms with Crippen molar-refractivity contribution in [3.63, 3.8) is 0 Å². The highest BCUT2D eigenvalue weighted by atomic mass is 16.1. The molecule has 0 bridgehead atoms. The number of hydrogen-bond acceptors (Lipinski definition) is 6. The summed E-state index contributed by atoms with van der Waals surface area (Å²) < 4.78 is 0. The third-order valence-corrected chi connectivity index (χ3v) is 6.24. The molecule has 0 atom stereocenters. The van der Waals surface area contributed by atoms with Gasteiger partial charge >= 0.3 is 0 Å². The van der Waals surface area contributed by atoms with Gasteiger partial charge in [0, 0.05) is 65.8 Å². The van der Waals surface area contributed by atoms with Crippen LogP contribution in [0.25, 0.3) is 22.0 Å². The lowest BCUT2D eigenvalue weighted by molar-refractivity contribution is 0.100. The molecular formula is C25H27N7O. The van der Waals surface area contributed by atoms with Crippen LogP contribution >= 0.6 is 0 Å². The molecule has 8 heteroatoms. The van der Waals surface area contributed by atoms with Gasteiger partial charge in [-0.25, -0.2) is 4.98 Å². The summed E-state index contributed by atoms with van der Waals surface area (Å²) in [6.07, 6.45) is 3.58. The number of H-pyrrole nitrogens is 1. The summed E-state index contributed by atoms with van der Waals surface area (Å²) in [5.41, 5.74) is 11.0. The molecule has 0 spiro atoms. The van der Waals surface area contributed by atoms with E-state index in [4.69, 9.17) is 5.73 Å². The Balaban J connectivity index is 1.54. The quantitative estimate of drug-likeness (QED) is 0.422. The van der Waals surface area contributed by atoms with Gasteiger partial charge in [0.2, 0.25) is 5.91 Å². The van der Waals surface area contributed by atoms with E-state index in [-0.39, 0.29) is 0 Å². The maximum atomic E-state index is 11.9. The van der Waals surface area contributed by atoms with E-state index in [2.05, 4.69) is 43.3 Å². The summed E-state index contributed by atoms with van der Waals surface area (Å²) in [6, 6.07) is 15.7. The van der Waals surface area contributed by atoms with Gasteiger partial charge in [0.05, 0.1) is 11.7 Å². The minimum atomic E-state index is -0.424. The number of anilines is 3. The Morgan fingerprint density at radius 1 is 1.09 bits per heavy atom. The fourth-order valence-electron chi connectivity index (χ4n) is 4.35. The van der Waals surface area contributed by atoms with Crippen LogP contribution in [0.5, 0.6) is 0 Å². The first kappa shape index (κ1) is 21.0. The number of carbonyl (C=O) groups is 1. The number of fused-ring (bicyclic) bond motifs is 1. The van der Waals surface area contributed by atoms with Gasteiger partial charge in [0.1, 0.15) is 5.82 Å². The number of likely N-dealkylation sites (N-methyl/N-ethyl adjacent to an activating group) is 1. The molecular weight excluding hydrogens is 414 g/mol. The van der Waals surface area contributed by atoms with Gasteiger partial charge in [0.15, 0.2) is 0 Å². The number of nitrogens with one attached hydrogen (secondary N) is 2. The number of amides is 1. The first-order chi connectivity index (χ1) is 16.1. The number of nitrogens with zero attached hydrogens (tertiary/aromatic N) is 4. The van der Waals surface area contributed by atoms with E-state index in [1.807, 2.05) is 36.4 Å². The third kappa shape index (κ3) is 4.25. The van der Waals surface area contributed by atoms with Crippen LogP contribution in [-0.4, -0.2) is 58.7 Å². The molecule has 0 radical (unpaired) electrons. The SMILES string of the molecule is CCN1CCN(c2cc(C(N)=O)ccc2-c2cccnc2Nc2ccc3cn[nH]c3c2)CC1. The molecule has 1 saturated heterocycles. The number of carbonyl (C=O) groups excluding carboxylic acids is 1. The Hall–Kier alpha value is -3.91. The molecule has 5 rings (SSSR count). The fraction of sp³-hybridized carbons (Fsp3) is 0.240. The largest absolute Gasteiger partial charge is 0.368 e. The summed E-state index contributed by atoms with van der Waals surface area (Å²) in [5, 5.41) is 11.6. The van der Waals surface area contributed by atoms with Crippen molar-refractivity contribution in [3.05, 3.63) is 66.5 Å². The van der Waals surface area contributed by atoms with Crippen molar-refractivity contribution >= 4 is 34.0 Å². The maximum absolute atomic E-state index is 11.9. The van der Waals surface area contributed by atoms with Crippen molar-refractivity contribution in [2.45, 2.75) is 6.92 Å². The van der Waals surface area contributed by atoms with Crippen molar-refractivity contribution in [2.24, 2.45) is 5.73 Å². The second-order valence-electron chi connectivity index (χ2n) is 8.21. The molecule has 1 aliphatic heterocycles. The average molecular weight is 442 g/mol. The van der Waals surface area contributed by atoms with Crippen molar-refractivity contribution in [1.29, 1.82) is 0 Å². The number of hydrogen-bond donors (Lipinski definition) is 3. The highest BCUT2D eigenvalue weighted by molar-refractivity contribution is 5.97. The van der Waals surface area contributed by atoms with E-state index in [9.17, 15) is 4.79 Å². The Bertz CT molecular complexity index is 1290. The molecule has 0 aliphatic carbocycles. The van der Waals surface area contributed by atoms with Crippen molar-refractivity contribution in [1.82, 2.24) is 20.1 Å². The molecule has 8 nitrogen and oxygen atoms in total. The molecule has 2 aromatic carbocycles. The lowest BCUT2D eigenvalue weighted by Gasteiger charge is -2.36. The number of aromatic nitrogens is 3. The fourth-order valence-corrected chi connectivity index (χ4v) is 4.35. The summed E-state index contributed by atoms with van der Waals surface area (Å²) in [6.45, 7) is 6.98. The van der Waals surface area contributed by atoms with Crippen LogP contribution in [0.15, 0.2) is 60.9 Å². The van der Waals surface area contributed by atoms with E-state index < -0.39 is 5.91 Å². The topological polar surface area (TPSA) is 103 Å². The predicted molar refractivity (Wildman–Crippen MR) is 132 cm³/mol. The minimum absolute atomic E-state index is 0.424.